The molecule has 0 aliphatic carbocycles. The third kappa shape index (κ3) is 8.02. The lowest BCUT2D eigenvalue weighted by atomic mass is 9.42. The van der Waals surface area contributed by atoms with Crippen molar-refractivity contribution in [3.63, 3.8) is 0 Å². The minimum Gasteiger partial charge on any atom is -0.376 e. The summed E-state index contributed by atoms with van der Waals surface area (Å²) in [6.45, 7) is 13.5. The van der Waals surface area contributed by atoms with Crippen molar-refractivity contribution in [2.45, 2.75) is 57.8 Å². The first-order valence-corrected chi connectivity index (χ1v) is 29.4. The van der Waals surface area contributed by atoms with Gasteiger partial charge >= 0.3 is 6.85 Å². The molecule has 0 radical (unpaired) electrons. The van der Waals surface area contributed by atoms with Crippen molar-refractivity contribution in [1.29, 1.82) is 0 Å². The fourth-order valence-corrected chi connectivity index (χ4v) is 14.0. The molecule has 3 heterocycles. The van der Waals surface area contributed by atoms with Gasteiger partial charge in [0.05, 0.1) is 11.1 Å². The molecule has 83 heavy (non-hydrogen) atoms. The Labute approximate surface area is 489 Å². The minimum absolute atomic E-state index is 0.00704. The Morgan fingerprint density at radius 3 is 1.54 bits per heavy atom. The summed E-state index contributed by atoms with van der Waals surface area (Å²) in [5.41, 5.74) is 25.8. The zero-order valence-corrected chi connectivity index (χ0v) is 48.0. The lowest BCUT2D eigenvalue weighted by Gasteiger charge is -2.52. The Morgan fingerprint density at radius 2 is 0.928 bits per heavy atom. The maximum Gasteiger partial charge on any atom is 0.333 e. The normalized spacial score (nSPS) is 13.7. The molecule has 12 aromatic rings. The molecule has 0 fully saturated rings. The van der Waals surface area contributed by atoms with E-state index >= 15 is 0 Å². The fraction of sp³-hybridized carbons (Fsp3) is 0.114. The van der Waals surface area contributed by atoms with E-state index in [1.165, 1.54) is 106 Å². The molecule has 398 valence electrons. The predicted octanol–water partition coefficient (Wildman–Crippen LogP) is 19.6. The van der Waals surface area contributed by atoms with Gasteiger partial charge in [0.25, 0.3) is 0 Å². The van der Waals surface area contributed by atoms with Crippen LogP contribution in [0.1, 0.15) is 74.9 Å². The topological polar surface area (TPSA) is 9.72 Å². The van der Waals surface area contributed by atoms with Crippen molar-refractivity contribution >= 4 is 74.0 Å². The van der Waals surface area contributed by atoms with E-state index in [2.05, 4.69) is 335 Å². The number of hydrogen-bond donors (Lipinski definition) is 0. The van der Waals surface area contributed by atoms with Gasteiger partial charge in [-0.2, -0.15) is 0 Å². The molecule has 3 nitrogen and oxygen atoms in total. The van der Waals surface area contributed by atoms with Crippen molar-refractivity contribution in [3.8, 4) is 33.4 Å². The maximum absolute atomic E-state index is 2.69. The molecule has 0 unspecified atom stereocenters. The maximum atomic E-state index is 2.69. The molecule has 4 heteroatoms. The van der Waals surface area contributed by atoms with Crippen molar-refractivity contribution in [3.05, 3.63) is 312 Å². The third-order valence-corrected chi connectivity index (χ3v) is 18.0. The average Bonchev–Trinajstić information content (AvgIpc) is 1.61. The molecule has 0 bridgehead atoms. The van der Waals surface area contributed by atoms with E-state index in [1.54, 1.807) is 0 Å². The van der Waals surface area contributed by atoms with Gasteiger partial charge in [0.2, 0.25) is 0 Å². The number of fused-ring (bicyclic) bond motifs is 8. The smallest absolute Gasteiger partial charge is 0.333 e. The highest BCUT2D eigenvalue weighted by atomic mass is 15.2. The Morgan fingerprint density at radius 1 is 0.386 bits per heavy atom. The van der Waals surface area contributed by atoms with Gasteiger partial charge in [0.1, 0.15) is 0 Å². The number of rotatable bonds is 8. The van der Waals surface area contributed by atoms with Crippen LogP contribution < -0.4 is 25.5 Å². The number of hydrogen-bond acceptors (Lipinski definition) is 3. The first-order valence-electron chi connectivity index (χ1n) is 29.4. The molecular formula is C79H64BN3. The Bertz CT molecular complexity index is 4350. The monoisotopic (exact) mass is 1070 g/mol. The largest absolute Gasteiger partial charge is 0.376 e. The van der Waals surface area contributed by atoms with Crippen LogP contribution in [0.15, 0.2) is 279 Å². The van der Waals surface area contributed by atoms with Crippen LogP contribution in [-0.4, -0.2) is 6.85 Å². The van der Waals surface area contributed by atoms with Gasteiger partial charge in [0, 0.05) is 50.9 Å². The first kappa shape index (κ1) is 50.3. The van der Waals surface area contributed by atoms with Crippen molar-refractivity contribution in [1.82, 2.24) is 0 Å². The summed E-state index contributed by atoms with van der Waals surface area (Å²) in [7, 11) is 0. The standard InChI is InChI=1S/C79H64BN3/c1-77(2,3)58-38-42-62(43-39-58)81(63-44-40-59(41-45-63)78(4,5)6)64-46-47-67-68-50-57(54-25-13-8-14-26-54)51-73-75(68)80(83(72(67)52-64)65-33-21-28-56(49-65)53-23-11-7-12-24-53)70-36-22-35-69-76(70)82(73)71-48-37-55-27-19-20-34-66(55)74(71)79(69,60-29-15-9-16-30-60)61-31-17-10-18-32-61/h7-52H,1-6H3. The predicted molar refractivity (Wildman–Crippen MR) is 352 cm³/mol. The van der Waals surface area contributed by atoms with Gasteiger partial charge in [-0.25, -0.2) is 0 Å². The molecule has 0 aromatic heterocycles. The molecule has 0 amide bonds. The van der Waals surface area contributed by atoms with Gasteiger partial charge < -0.3 is 14.6 Å². The Balaban J connectivity index is 1.07. The molecule has 3 aliphatic rings. The summed E-state index contributed by atoms with van der Waals surface area (Å²) in [5.74, 6) is 0. The number of nitrogens with zero attached hydrogens (tertiary/aromatic N) is 3. The summed E-state index contributed by atoms with van der Waals surface area (Å²) in [6, 6.07) is 106. The van der Waals surface area contributed by atoms with E-state index in [9.17, 15) is 0 Å². The SMILES string of the molecule is CC(C)(C)c1ccc(N(c2ccc(C(C)(C)C)cc2)c2ccc3c(c2)N(c2cccc(-c4ccccc4)c2)B2c4cccc5c4N(c4cc(-c6ccccc6)cc-3c42)c2ccc3ccccc3c2C5(c2ccccc2)c2ccccc2)cc1. The van der Waals surface area contributed by atoms with Gasteiger partial charge in [-0.1, -0.05) is 254 Å². The quantitative estimate of drug-likeness (QED) is 0.140. The molecule has 0 saturated heterocycles. The number of anilines is 8. The fourth-order valence-electron chi connectivity index (χ4n) is 14.0. The van der Waals surface area contributed by atoms with E-state index in [4.69, 9.17) is 0 Å². The van der Waals surface area contributed by atoms with Crippen LogP contribution in [0.5, 0.6) is 0 Å². The van der Waals surface area contributed by atoms with Crippen LogP contribution in [0.4, 0.5) is 45.5 Å². The summed E-state index contributed by atoms with van der Waals surface area (Å²) in [4.78, 5) is 7.82. The van der Waals surface area contributed by atoms with Crippen LogP contribution in [0.3, 0.4) is 0 Å². The second kappa shape index (κ2) is 19.3. The molecular weight excluding hydrogens is 1000 g/mol. The van der Waals surface area contributed by atoms with Gasteiger partial charge in [-0.3, -0.25) is 0 Å². The lowest BCUT2D eigenvalue weighted by molar-refractivity contribution is 0.590. The zero-order valence-electron chi connectivity index (χ0n) is 48.0. The third-order valence-electron chi connectivity index (χ3n) is 18.0. The lowest BCUT2D eigenvalue weighted by Crippen LogP contribution is -2.62. The van der Waals surface area contributed by atoms with E-state index in [-0.39, 0.29) is 17.7 Å². The second-order valence-corrected chi connectivity index (χ2v) is 24.9. The summed E-state index contributed by atoms with van der Waals surface area (Å²) < 4.78 is 0. The number of benzene rings is 12. The van der Waals surface area contributed by atoms with Crippen molar-refractivity contribution in [2.24, 2.45) is 0 Å². The van der Waals surface area contributed by atoms with Crippen LogP contribution >= 0.6 is 0 Å². The highest BCUT2D eigenvalue weighted by molar-refractivity contribution is 6.93. The van der Waals surface area contributed by atoms with E-state index < -0.39 is 5.41 Å². The molecule has 0 atom stereocenters. The van der Waals surface area contributed by atoms with Gasteiger partial charge in [-0.15, -0.1) is 0 Å². The average molecular weight is 1070 g/mol. The highest BCUT2D eigenvalue weighted by Crippen LogP contribution is 2.61. The number of para-hydroxylation sites is 1. The van der Waals surface area contributed by atoms with Crippen molar-refractivity contribution < 1.29 is 0 Å². The molecule has 12 aromatic carbocycles. The zero-order chi connectivity index (χ0) is 56.2. The Hall–Kier alpha value is -9.64. The van der Waals surface area contributed by atoms with Gasteiger partial charge in [-0.05, 0) is 155 Å². The van der Waals surface area contributed by atoms with E-state index in [1.807, 2.05) is 0 Å². The molecule has 3 aliphatic heterocycles. The summed E-state index contributed by atoms with van der Waals surface area (Å²) in [6.07, 6.45) is 0. The molecule has 0 N–H and O–H groups in total. The minimum atomic E-state index is -0.707. The molecule has 15 rings (SSSR count). The van der Waals surface area contributed by atoms with Gasteiger partial charge in [0.15, 0.2) is 0 Å². The van der Waals surface area contributed by atoms with E-state index in [0.29, 0.717) is 0 Å². The van der Waals surface area contributed by atoms with Crippen LogP contribution in [0.2, 0.25) is 0 Å². The van der Waals surface area contributed by atoms with Crippen molar-refractivity contribution in [2.75, 3.05) is 14.6 Å². The highest BCUT2D eigenvalue weighted by Gasteiger charge is 2.53. The first-order chi connectivity index (χ1) is 40.4. The Kier molecular flexibility index (Phi) is 11.7. The summed E-state index contributed by atoms with van der Waals surface area (Å²) >= 11 is 0. The molecule has 0 saturated carbocycles. The molecule has 0 spiro atoms. The van der Waals surface area contributed by atoms with Crippen LogP contribution in [0.25, 0.3) is 44.2 Å². The van der Waals surface area contributed by atoms with Crippen LogP contribution in [0, 0.1) is 0 Å². The summed E-state index contributed by atoms with van der Waals surface area (Å²) in [5, 5.41) is 2.46. The van der Waals surface area contributed by atoms with Crippen LogP contribution in [-0.2, 0) is 16.2 Å². The second-order valence-electron chi connectivity index (χ2n) is 24.9. The van der Waals surface area contributed by atoms with E-state index in [0.717, 1.165) is 28.4 Å².